The number of aliphatic hydroxyl groups is 1. The molecule has 0 aromatic heterocycles. The summed E-state index contributed by atoms with van der Waals surface area (Å²) in [5, 5.41) is 16.6. The summed E-state index contributed by atoms with van der Waals surface area (Å²) in [4.78, 5) is 9.37. The Morgan fingerprint density at radius 1 is 1.46 bits per heavy atom. The molecule has 0 amide bonds. The van der Waals surface area contributed by atoms with Gasteiger partial charge in [0.2, 0.25) is 0 Å². The second kappa shape index (κ2) is 8.26. The van der Waals surface area contributed by atoms with E-state index in [0.29, 0.717) is 0 Å². The van der Waals surface area contributed by atoms with Gasteiger partial charge < -0.3 is 10.2 Å². The maximum Gasteiger partial charge on any atom is 0.303 e. The number of halogens is 1. The number of carbonyl (C=O) groups is 1. The third-order valence-corrected chi connectivity index (χ3v) is 2.60. The van der Waals surface area contributed by atoms with Crippen LogP contribution in [0.1, 0.15) is 34.1 Å². The second-order valence-corrected chi connectivity index (χ2v) is 3.63. The van der Waals surface area contributed by atoms with Crippen molar-refractivity contribution < 1.29 is 15.0 Å². The normalized spacial score (nSPS) is 10.9. The van der Waals surface area contributed by atoms with Crippen molar-refractivity contribution in [3.63, 3.8) is 0 Å². The van der Waals surface area contributed by atoms with Crippen molar-refractivity contribution in [2.75, 3.05) is 0 Å². The van der Waals surface area contributed by atoms with Crippen molar-refractivity contribution in [2.45, 2.75) is 40.2 Å². The van der Waals surface area contributed by atoms with Crippen molar-refractivity contribution in [1.82, 2.24) is 0 Å². The summed E-state index contributed by atoms with van der Waals surface area (Å²) in [7, 11) is 0. The van der Waals surface area contributed by atoms with Crippen LogP contribution in [0.2, 0.25) is 0 Å². The Balaban J connectivity index is 0. The minimum atomic E-state index is -0.745. The van der Waals surface area contributed by atoms with Gasteiger partial charge in [0.25, 0.3) is 0 Å². The van der Waals surface area contributed by atoms with E-state index in [1.807, 2.05) is 13.8 Å². The zero-order chi connectivity index (χ0) is 11.0. The van der Waals surface area contributed by atoms with E-state index in [-0.39, 0.29) is 12.5 Å². The maximum absolute atomic E-state index is 9.37. The van der Waals surface area contributed by atoms with Gasteiger partial charge in [-0.25, -0.2) is 0 Å². The molecule has 0 radical (unpaired) electrons. The average molecular weight is 253 g/mol. The first-order chi connectivity index (χ1) is 5.82. The van der Waals surface area contributed by atoms with Crippen LogP contribution in [-0.4, -0.2) is 22.3 Å². The Morgan fingerprint density at radius 3 is 1.77 bits per heavy atom. The Bertz CT molecular complexity index is 181. The zero-order valence-corrected chi connectivity index (χ0v) is 10.1. The first-order valence-corrected chi connectivity index (χ1v) is 4.84. The standard InChI is InChI=1S/C6H11BrO.C3H6O2/c1-4(2)6(7)5(3)8;1-2-3(4)5/h5,8H,1-3H3;2H2,1H3,(H,4,5). The topological polar surface area (TPSA) is 57.5 Å². The molecule has 0 aliphatic rings. The molecular weight excluding hydrogens is 236 g/mol. The van der Waals surface area contributed by atoms with E-state index in [0.717, 1.165) is 10.1 Å². The van der Waals surface area contributed by atoms with Crippen molar-refractivity contribution >= 4 is 21.9 Å². The Morgan fingerprint density at radius 2 is 1.77 bits per heavy atom. The van der Waals surface area contributed by atoms with E-state index in [1.54, 1.807) is 13.8 Å². The number of carboxylic acids is 1. The molecule has 3 nitrogen and oxygen atoms in total. The molecule has 0 rings (SSSR count). The number of hydrogen-bond acceptors (Lipinski definition) is 2. The molecule has 13 heavy (non-hydrogen) atoms. The van der Waals surface area contributed by atoms with Crippen LogP contribution < -0.4 is 0 Å². The summed E-state index contributed by atoms with van der Waals surface area (Å²) in [6.07, 6.45) is -0.139. The highest BCUT2D eigenvalue weighted by Crippen LogP contribution is 2.14. The molecule has 78 valence electrons. The molecule has 0 saturated heterocycles. The van der Waals surface area contributed by atoms with E-state index >= 15 is 0 Å². The average Bonchev–Trinajstić information content (AvgIpc) is 2.03. The molecule has 0 aromatic rings. The van der Waals surface area contributed by atoms with Gasteiger partial charge in [-0.1, -0.05) is 28.4 Å². The van der Waals surface area contributed by atoms with E-state index in [9.17, 15) is 4.79 Å². The maximum atomic E-state index is 9.37. The molecule has 0 fully saturated rings. The SMILES string of the molecule is CC(C)=C(Br)C(C)O.CCC(=O)O. The van der Waals surface area contributed by atoms with Gasteiger partial charge in [-0.05, 0) is 20.8 Å². The molecule has 0 aliphatic heterocycles. The number of aliphatic hydroxyl groups excluding tert-OH is 1. The van der Waals surface area contributed by atoms with Gasteiger partial charge in [-0.3, -0.25) is 4.79 Å². The molecule has 0 heterocycles. The predicted octanol–water partition coefficient (Wildman–Crippen LogP) is 2.54. The third-order valence-electron chi connectivity index (χ3n) is 1.15. The number of rotatable bonds is 2. The highest BCUT2D eigenvalue weighted by atomic mass is 79.9. The summed E-state index contributed by atoms with van der Waals surface area (Å²) in [5.41, 5.74) is 1.13. The van der Waals surface area contributed by atoms with Crippen molar-refractivity contribution in [1.29, 1.82) is 0 Å². The van der Waals surface area contributed by atoms with Crippen LogP contribution >= 0.6 is 15.9 Å². The number of carboxylic acid groups (broad SMARTS) is 1. The molecule has 0 aliphatic carbocycles. The monoisotopic (exact) mass is 252 g/mol. The summed E-state index contributed by atoms with van der Waals surface area (Å²) in [5.74, 6) is -0.745. The van der Waals surface area contributed by atoms with Crippen LogP contribution in [-0.2, 0) is 4.79 Å². The molecule has 1 unspecified atom stereocenters. The fourth-order valence-corrected chi connectivity index (χ4v) is 0.418. The van der Waals surface area contributed by atoms with Crippen LogP contribution in [0.15, 0.2) is 10.1 Å². The lowest BCUT2D eigenvalue weighted by molar-refractivity contribution is -0.136. The molecule has 1 atom stereocenters. The van der Waals surface area contributed by atoms with Gasteiger partial charge >= 0.3 is 5.97 Å². The molecular formula is C9H17BrO3. The third kappa shape index (κ3) is 11.7. The van der Waals surface area contributed by atoms with E-state index in [4.69, 9.17) is 10.2 Å². The quantitative estimate of drug-likeness (QED) is 0.795. The number of allylic oxidation sites excluding steroid dienone is 1. The van der Waals surface area contributed by atoms with Crippen LogP contribution in [0.4, 0.5) is 0 Å². The lowest BCUT2D eigenvalue weighted by Gasteiger charge is -2.02. The Kier molecular flexibility index (Phi) is 9.61. The van der Waals surface area contributed by atoms with E-state index < -0.39 is 5.97 Å². The lowest BCUT2D eigenvalue weighted by Crippen LogP contribution is -1.99. The fourth-order valence-electron chi connectivity index (χ4n) is 0.418. The van der Waals surface area contributed by atoms with Crippen molar-refractivity contribution in [3.05, 3.63) is 10.1 Å². The van der Waals surface area contributed by atoms with Crippen LogP contribution in [0.3, 0.4) is 0 Å². The molecule has 0 spiro atoms. The molecule has 0 aromatic carbocycles. The Labute approximate surface area is 87.6 Å². The van der Waals surface area contributed by atoms with Crippen LogP contribution in [0, 0.1) is 0 Å². The lowest BCUT2D eigenvalue weighted by atomic mass is 10.2. The number of hydrogen-bond donors (Lipinski definition) is 2. The Hall–Kier alpha value is -0.350. The molecule has 4 heteroatoms. The van der Waals surface area contributed by atoms with Crippen molar-refractivity contribution in [3.8, 4) is 0 Å². The minimum Gasteiger partial charge on any atom is -0.481 e. The molecule has 0 bridgehead atoms. The van der Waals surface area contributed by atoms with E-state index in [1.165, 1.54) is 0 Å². The zero-order valence-electron chi connectivity index (χ0n) is 8.47. The summed E-state index contributed by atoms with van der Waals surface area (Å²) < 4.78 is 0.887. The van der Waals surface area contributed by atoms with Gasteiger partial charge in [-0.2, -0.15) is 0 Å². The molecule has 2 N–H and O–H groups in total. The second-order valence-electron chi connectivity index (χ2n) is 2.77. The van der Waals surface area contributed by atoms with Gasteiger partial charge in [0.15, 0.2) is 0 Å². The van der Waals surface area contributed by atoms with Gasteiger partial charge in [0.1, 0.15) is 0 Å². The largest absolute Gasteiger partial charge is 0.481 e. The van der Waals surface area contributed by atoms with Gasteiger partial charge in [0, 0.05) is 10.9 Å². The van der Waals surface area contributed by atoms with E-state index in [2.05, 4.69) is 15.9 Å². The minimum absolute atomic E-state index is 0.222. The van der Waals surface area contributed by atoms with Crippen LogP contribution in [0.25, 0.3) is 0 Å². The first-order valence-electron chi connectivity index (χ1n) is 4.05. The summed E-state index contributed by atoms with van der Waals surface area (Å²) in [6, 6.07) is 0. The highest BCUT2D eigenvalue weighted by molar-refractivity contribution is 9.11. The van der Waals surface area contributed by atoms with Crippen LogP contribution in [0.5, 0.6) is 0 Å². The molecule has 0 saturated carbocycles. The highest BCUT2D eigenvalue weighted by Gasteiger charge is 1.99. The predicted molar refractivity (Wildman–Crippen MR) is 56.9 cm³/mol. The number of aliphatic carboxylic acids is 1. The summed E-state index contributed by atoms with van der Waals surface area (Å²) in [6.45, 7) is 7.24. The smallest absolute Gasteiger partial charge is 0.303 e. The summed E-state index contributed by atoms with van der Waals surface area (Å²) >= 11 is 3.24. The van der Waals surface area contributed by atoms with Gasteiger partial charge in [0.05, 0.1) is 6.10 Å². The van der Waals surface area contributed by atoms with Crippen molar-refractivity contribution in [2.24, 2.45) is 0 Å². The van der Waals surface area contributed by atoms with Gasteiger partial charge in [-0.15, -0.1) is 0 Å². The fraction of sp³-hybridized carbons (Fsp3) is 0.667. The first kappa shape index (κ1) is 15.1.